The van der Waals surface area contributed by atoms with Crippen LogP contribution in [0.2, 0.25) is 0 Å². The molecule has 0 saturated heterocycles. The lowest BCUT2D eigenvalue weighted by Gasteiger charge is -2.05. The van der Waals surface area contributed by atoms with Crippen LogP contribution < -0.4 is 0 Å². The van der Waals surface area contributed by atoms with Crippen molar-refractivity contribution in [3.05, 3.63) is 48.0 Å². The summed E-state index contributed by atoms with van der Waals surface area (Å²) >= 11 is 0. The Morgan fingerprint density at radius 1 is 1.05 bits per heavy atom. The molecule has 0 aliphatic carbocycles. The summed E-state index contributed by atoms with van der Waals surface area (Å²) in [4.78, 5) is 33.9. The summed E-state index contributed by atoms with van der Waals surface area (Å²) in [6, 6.07) is 9.43. The minimum absolute atomic E-state index is 0.126. The second-order valence-electron chi connectivity index (χ2n) is 4.50. The Kier molecular flexibility index (Phi) is 6.87. The van der Waals surface area contributed by atoms with Gasteiger partial charge in [-0.15, -0.1) is 0 Å². The normalized spacial score (nSPS) is 9.76. The van der Waals surface area contributed by atoms with Gasteiger partial charge < -0.3 is 9.47 Å². The van der Waals surface area contributed by atoms with Crippen LogP contribution in [0.4, 0.5) is 0 Å². The van der Waals surface area contributed by atoms with E-state index in [4.69, 9.17) is 4.74 Å². The summed E-state index contributed by atoms with van der Waals surface area (Å²) in [6.07, 6.45) is 0.481. The van der Waals surface area contributed by atoms with Crippen LogP contribution in [-0.4, -0.2) is 24.5 Å². The van der Waals surface area contributed by atoms with Crippen molar-refractivity contribution in [1.29, 1.82) is 0 Å². The molecular formula is C16H18O5. The van der Waals surface area contributed by atoms with E-state index in [9.17, 15) is 14.4 Å². The third kappa shape index (κ3) is 7.06. The first-order chi connectivity index (χ1) is 9.99. The Morgan fingerprint density at radius 2 is 1.67 bits per heavy atom. The molecule has 21 heavy (non-hydrogen) atoms. The maximum Gasteiger partial charge on any atom is 0.333 e. The van der Waals surface area contributed by atoms with Crippen LogP contribution in [0, 0.1) is 0 Å². The highest BCUT2D eigenvalue weighted by Crippen LogP contribution is 2.04. The molecule has 5 heteroatoms. The number of rotatable bonds is 7. The molecule has 1 rings (SSSR count). The number of esters is 3. The summed E-state index contributed by atoms with van der Waals surface area (Å²) in [6.45, 7) is 4.79. The van der Waals surface area contributed by atoms with Gasteiger partial charge in [0, 0.05) is 5.57 Å². The monoisotopic (exact) mass is 290 g/mol. The first-order valence-electron chi connectivity index (χ1n) is 6.59. The molecule has 0 bridgehead atoms. The van der Waals surface area contributed by atoms with E-state index in [0.717, 1.165) is 5.56 Å². The minimum atomic E-state index is -0.706. The molecule has 0 aliphatic heterocycles. The third-order valence-corrected chi connectivity index (χ3v) is 2.58. The molecule has 0 heterocycles. The van der Waals surface area contributed by atoms with Crippen LogP contribution in [0.25, 0.3) is 0 Å². The van der Waals surface area contributed by atoms with Gasteiger partial charge in [0.15, 0.2) is 0 Å². The zero-order valence-corrected chi connectivity index (χ0v) is 12.0. The van der Waals surface area contributed by atoms with E-state index in [1.807, 2.05) is 30.3 Å². The maximum absolute atomic E-state index is 11.5. The second-order valence-corrected chi connectivity index (χ2v) is 4.50. The van der Waals surface area contributed by atoms with E-state index < -0.39 is 17.9 Å². The third-order valence-electron chi connectivity index (χ3n) is 2.58. The summed E-state index contributed by atoms with van der Waals surface area (Å²) < 4.78 is 9.36. The van der Waals surface area contributed by atoms with Gasteiger partial charge >= 0.3 is 17.9 Å². The second kappa shape index (κ2) is 8.68. The van der Waals surface area contributed by atoms with Gasteiger partial charge in [0.2, 0.25) is 0 Å². The van der Waals surface area contributed by atoms with Crippen molar-refractivity contribution in [2.24, 2.45) is 0 Å². The number of hydrogen-bond donors (Lipinski definition) is 0. The van der Waals surface area contributed by atoms with Crippen LogP contribution in [0.3, 0.4) is 0 Å². The zero-order valence-electron chi connectivity index (χ0n) is 12.0. The summed E-state index contributed by atoms with van der Waals surface area (Å²) in [7, 11) is 0. The highest BCUT2D eigenvalue weighted by Gasteiger charge is 2.12. The van der Waals surface area contributed by atoms with E-state index in [1.165, 1.54) is 6.92 Å². The van der Waals surface area contributed by atoms with Gasteiger partial charge in [-0.2, -0.15) is 0 Å². The summed E-state index contributed by atoms with van der Waals surface area (Å²) in [5.41, 5.74) is 1.25. The van der Waals surface area contributed by atoms with Crippen LogP contribution >= 0.6 is 0 Å². The average Bonchev–Trinajstić information content (AvgIpc) is 2.46. The van der Waals surface area contributed by atoms with E-state index in [0.29, 0.717) is 6.42 Å². The van der Waals surface area contributed by atoms with Crippen molar-refractivity contribution < 1.29 is 23.9 Å². The van der Waals surface area contributed by atoms with Crippen LogP contribution in [-0.2, 0) is 30.3 Å². The molecule has 0 unspecified atom stereocenters. The number of benzene rings is 1. The van der Waals surface area contributed by atoms with E-state index in [1.54, 1.807) is 0 Å². The molecule has 0 saturated carbocycles. The fourth-order valence-electron chi connectivity index (χ4n) is 1.47. The number of carbonyl (C=O) groups excluding carboxylic acids is 3. The Balaban J connectivity index is 2.20. The maximum atomic E-state index is 11.5. The topological polar surface area (TPSA) is 69.7 Å². The van der Waals surface area contributed by atoms with Crippen LogP contribution in [0.15, 0.2) is 42.5 Å². The fraction of sp³-hybridized carbons (Fsp3) is 0.312. The number of carbonyl (C=O) groups is 3. The first-order valence-corrected chi connectivity index (χ1v) is 6.59. The van der Waals surface area contributed by atoms with Crippen molar-refractivity contribution in [3.8, 4) is 0 Å². The lowest BCUT2D eigenvalue weighted by atomic mass is 10.1. The predicted octanol–water partition coefficient (Wildman–Crippen LogP) is 2.20. The average molecular weight is 290 g/mol. The molecule has 0 radical (unpaired) electrons. The predicted molar refractivity (Wildman–Crippen MR) is 76.3 cm³/mol. The minimum Gasteiger partial charge on any atom is -0.462 e. The highest BCUT2D eigenvalue weighted by molar-refractivity contribution is 5.88. The van der Waals surface area contributed by atoms with Crippen molar-refractivity contribution >= 4 is 17.9 Å². The lowest BCUT2D eigenvalue weighted by Crippen LogP contribution is -2.16. The van der Waals surface area contributed by atoms with Crippen molar-refractivity contribution in [2.45, 2.75) is 26.2 Å². The highest BCUT2D eigenvalue weighted by atomic mass is 16.6. The molecule has 0 aliphatic rings. The molecule has 5 nitrogen and oxygen atoms in total. The van der Waals surface area contributed by atoms with Gasteiger partial charge in [0.05, 0.1) is 12.8 Å². The molecule has 1 aromatic carbocycles. The molecule has 0 aromatic heterocycles. The molecule has 0 N–H and O–H groups in total. The molecule has 0 atom stereocenters. The van der Waals surface area contributed by atoms with Crippen molar-refractivity contribution in [3.63, 3.8) is 0 Å². The Bertz CT molecular complexity index is 519. The lowest BCUT2D eigenvalue weighted by molar-refractivity contribution is -0.160. The number of ether oxygens (including phenoxy) is 2. The van der Waals surface area contributed by atoms with Crippen LogP contribution in [0.5, 0.6) is 0 Å². The van der Waals surface area contributed by atoms with Crippen molar-refractivity contribution in [2.75, 3.05) is 6.61 Å². The molecular weight excluding hydrogens is 272 g/mol. The van der Waals surface area contributed by atoms with Gasteiger partial charge in [-0.1, -0.05) is 36.9 Å². The molecule has 0 spiro atoms. The quantitative estimate of drug-likeness (QED) is 0.437. The Morgan fingerprint density at radius 3 is 2.29 bits per heavy atom. The Hall–Kier alpha value is -2.43. The molecule has 0 amide bonds. The largest absolute Gasteiger partial charge is 0.462 e. The van der Waals surface area contributed by atoms with Gasteiger partial charge in [-0.05, 0) is 18.9 Å². The van der Waals surface area contributed by atoms with E-state index in [2.05, 4.69) is 11.3 Å². The number of hydrogen-bond acceptors (Lipinski definition) is 5. The van der Waals surface area contributed by atoms with Gasteiger partial charge in [0.1, 0.15) is 6.61 Å². The fourth-order valence-corrected chi connectivity index (χ4v) is 1.47. The number of aryl methyl sites for hydroxylation is 1. The van der Waals surface area contributed by atoms with Gasteiger partial charge in [0.25, 0.3) is 0 Å². The van der Waals surface area contributed by atoms with Crippen LogP contribution in [0.1, 0.15) is 25.3 Å². The first kappa shape index (κ1) is 16.6. The van der Waals surface area contributed by atoms with Crippen molar-refractivity contribution in [1.82, 2.24) is 0 Å². The SMILES string of the molecule is C=C(C)C(=O)OCCC(=O)OC(=O)CCc1ccccc1. The smallest absolute Gasteiger partial charge is 0.333 e. The molecule has 1 aromatic rings. The molecule has 0 fully saturated rings. The van der Waals surface area contributed by atoms with Gasteiger partial charge in [-0.25, -0.2) is 4.79 Å². The molecule has 112 valence electrons. The summed E-state index contributed by atoms with van der Waals surface area (Å²) in [5, 5.41) is 0. The van der Waals surface area contributed by atoms with E-state index in [-0.39, 0.29) is 25.0 Å². The Labute approximate surface area is 123 Å². The van der Waals surface area contributed by atoms with Gasteiger partial charge in [-0.3, -0.25) is 9.59 Å². The zero-order chi connectivity index (χ0) is 15.7. The summed E-state index contributed by atoms with van der Waals surface area (Å²) in [5.74, 6) is -1.86. The van der Waals surface area contributed by atoms with E-state index >= 15 is 0 Å². The standard InChI is InChI=1S/C16H18O5/c1-12(2)16(19)20-11-10-15(18)21-14(17)9-8-13-6-4-3-5-7-13/h3-7H,1,8-11H2,2H3.